The van der Waals surface area contributed by atoms with E-state index in [-0.39, 0.29) is 5.75 Å². The van der Waals surface area contributed by atoms with Crippen molar-refractivity contribution in [3.8, 4) is 17.6 Å². The van der Waals surface area contributed by atoms with Gasteiger partial charge < -0.3 is 4.74 Å². The molecule has 1 aliphatic rings. The quantitative estimate of drug-likeness (QED) is 0.735. The van der Waals surface area contributed by atoms with E-state index >= 15 is 0 Å². The number of alkyl halides is 3. The molecule has 0 fully saturated rings. The Balaban J connectivity index is 2.21. The summed E-state index contributed by atoms with van der Waals surface area (Å²) in [7, 11) is -4.11. The van der Waals surface area contributed by atoms with Gasteiger partial charge in [-0.15, -0.1) is 0 Å². The lowest BCUT2D eigenvalue weighted by Crippen LogP contribution is -2.26. The number of fused-ring (bicyclic) bond motifs is 1. The molecule has 0 saturated heterocycles. The number of halogens is 4. The van der Waals surface area contributed by atoms with Crippen LogP contribution >= 0.6 is 0 Å². The number of carbonyl (C=O) groups is 1. The number of hydrogen-bond donors (Lipinski definition) is 0. The maximum absolute atomic E-state index is 14.3. The monoisotopic (exact) mass is 399 g/mol. The summed E-state index contributed by atoms with van der Waals surface area (Å²) in [6, 6.07) is 6.22. The molecule has 27 heavy (non-hydrogen) atoms. The first kappa shape index (κ1) is 18.8. The Morgan fingerprint density at radius 3 is 2.48 bits per heavy atom. The molecular formula is C17H9F4NO4S. The van der Waals surface area contributed by atoms with E-state index in [0.29, 0.717) is 6.26 Å². The number of Topliss-reactive ketones (excluding diaryl/α,β-unsaturated/α-hetero) is 1. The summed E-state index contributed by atoms with van der Waals surface area (Å²) in [5, 5.41) is 8.82. The van der Waals surface area contributed by atoms with Crippen molar-refractivity contribution < 1.29 is 35.5 Å². The normalized spacial score (nSPS) is 18.1. The summed E-state index contributed by atoms with van der Waals surface area (Å²) in [5.41, 5.74) is -2.29. The van der Waals surface area contributed by atoms with Crippen LogP contribution in [0, 0.1) is 17.1 Å². The Morgan fingerprint density at radius 1 is 1.22 bits per heavy atom. The standard InChI is InChI=1S/C17H9F4NO4S/c1-27(24,25)12-5-4-11(13-14(12)16(23)17(20,21)15(13)19)26-9-2-3-10(18)8(6-9)7-22/h2-6,15H,1H3. The highest BCUT2D eigenvalue weighted by molar-refractivity contribution is 7.90. The van der Waals surface area contributed by atoms with Gasteiger partial charge in [0.1, 0.15) is 23.4 Å². The van der Waals surface area contributed by atoms with E-state index in [9.17, 15) is 30.8 Å². The molecule has 2 aromatic carbocycles. The fraction of sp³-hybridized carbons (Fsp3) is 0.176. The highest BCUT2D eigenvalue weighted by atomic mass is 32.2. The number of ether oxygens (including phenoxy) is 1. The predicted octanol–water partition coefficient (Wildman–Crippen LogP) is 3.74. The van der Waals surface area contributed by atoms with Gasteiger partial charge >= 0.3 is 5.92 Å². The minimum absolute atomic E-state index is 0.183. The van der Waals surface area contributed by atoms with Gasteiger partial charge in [0.25, 0.3) is 0 Å². The number of benzene rings is 2. The van der Waals surface area contributed by atoms with E-state index in [1.54, 1.807) is 6.07 Å². The highest BCUT2D eigenvalue weighted by Crippen LogP contribution is 2.51. The number of hydrogen-bond acceptors (Lipinski definition) is 5. The van der Waals surface area contributed by atoms with Crippen LogP contribution in [-0.2, 0) is 9.84 Å². The number of rotatable bonds is 3. The third-order valence-electron chi connectivity index (χ3n) is 3.95. The first-order chi connectivity index (χ1) is 12.5. The molecule has 3 rings (SSSR count). The summed E-state index contributed by atoms with van der Waals surface area (Å²) >= 11 is 0. The Bertz CT molecular complexity index is 1120. The van der Waals surface area contributed by atoms with E-state index in [0.717, 1.165) is 30.3 Å². The molecular weight excluding hydrogens is 390 g/mol. The maximum Gasteiger partial charge on any atom is 0.344 e. The van der Waals surface area contributed by atoms with Crippen LogP contribution in [0.5, 0.6) is 11.5 Å². The summed E-state index contributed by atoms with van der Waals surface area (Å²) in [6.07, 6.45) is -2.42. The van der Waals surface area contributed by atoms with E-state index in [1.165, 1.54) is 0 Å². The summed E-state index contributed by atoms with van der Waals surface area (Å²) in [4.78, 5) is 11.2. The fourth-order valence-electron chi connectivity index (χ4n) is 2.71. The Kier molecular flexibility index (Phi) is 4.23. The van der Waals surface area contributed by atoms with Gasteiger partial charge in [0.15, 0.2) is 9.84 Å². The lowest BCUT2D eigenvalue weighted by Gasteiger charge is -2.14. The molecule has 0 spiro atoms. The first-order valence-corrected chi connectivity index (χ1v) is 9.18. The fourth-order valence-corrected chi connectivity index (χ4v) is 3.60. The summed E-state index contributed by atoms with van der Waals surface area (Å²) in [6.45, 7) is 0. The zero-order valence-corrected chi connectivity index (χ0v) is 14.3. The van der Waals surface area contributed by atoms with Gasteiger partial charge in [-0.05, 0) is 24.3 Å². The highest BCUT2D eigenvalue weighted by Gasteiger charge is 2.59. The minimum atomic E-state index is -4.46. The third kappa shape index (κ3) is 2.94. The lowest BCUT2D eigenvalue weighted by atomic mass is 10.1. The largest absolute Gasteiger partial charge is 0.457 e. The Hall–Kier alpha value is -2.93. The number of carbonyl (C=O) groups excluding carboxylic acids is 1. The van der Waals surface area contributed by atoms with E-state index in [2.05, 4.69) is 0 Å². The van der Waals surface area contributed by atoms with Crippen molar-refractivity contribution in [2.24, 2.45) is 0 Å². The SMILES string of the molecule is CS(=O)(=O)c1ccc(Oc2ccc(F)c(C#N)c2)c2c1C(=O)C(F)(F)C2F. The Morgan fingerprint density at radius 2 is 1.89 bits per heavy atom. The van der Waals surface area contributed by atoms with Crippen molar-refractivity contribution >= 4 is 15.6 Å². The van der Waals surface area contributed by atoms with Crippen LogP contribution in [0.25, 0.3) is 0 Å². The second-order valence-electron chi connectivity index (χ2n) is 5.79. The van der Waals surface area contributed by atoms with Crippen molar-refractivity contribution in [3.05, 3.63) is 52.8 Å². The molecule has 1 atom stereocenters. The lowest BCUT2D eigenvalue weighted by molar-refractivity contribution is -0.0368. The van der Waals surface area contributed by atoms with Crippen LogP contribution in [0.3, 0.4) is 0 Å². The number of ketones is 1. The molecule has 0 aromatic heterocycles. The average Bonchev–Trinajstić information content (AvgIpc) is 2.77. The first-order valence-electron chi connectivity index (χ1n) is 7.29. The van der Waals surface area contributed by atoms with Crippen LogP contribution in [-0.4, -0.2) is 26.4 Å². The van der Waals surface area contributed by atoms with Crippen molar-refractivity contribution in [2.75, 3.05) is 6.26 Å². The number of nitriles is 1. The molecule has 5 nitrogen and oxygen atoms in total. The van der Waals surface area contributed by atoms with Crippen molar-refractivity contribution in [2.45, 2.75) is 17.0 Å². The summed E-state index contributed by atoms with van der Waals surface area (Å²) < 4.78 is 84.4. The van der Waals surface area contributed by atoms with Crippen LogP contribution in [0.1, 0.15) is 27.7 Å². The van der Waals surface area contributed by atoms with Crippen LogP contribution in [0.2, 0.25) is 0 Å². The molecule has 0 saturated carbocycles. The van der Waals surface area contributed by atoms with E-state index in [1.807, 2.05) is 0 Å². The van der Waals surface area contributed by atoms with Gasteiger partial charge in [-0.25, -0.2) is 17.2 Å². The molecule has 10 heteroatoms. The second kappa shape index (κ2) is 6.06. The molecule has 1 unspecified atom stereocenters. The molecule has 0 amide bonds. The van der Waals surface area contributed by atoms with Gasteiger partial charge in [-0.3, -0.25) is 4.79 Å². The second-order valence-corrected chi connectivity index (χ2v) is 7.78. The number of sulfone groups is 1. The summed E-state index contributed by atoms with van der Waals surface area (Å²) in [5.74, 6) is -8.00. The Labute approximate surface area is 150 Å². The minimum Gasteiger partial charge on any atom is -0.457 e. The van der Waals surface area contributed by atoms with Crippen molar-refractivity contribution in [1.29, 1.82) is 5.26 Å². The van der Waals surface area contributed by atoms with Crippen LogP contribution < -0.4 is 4.74 Å². The number of nitrogens with zero attached hydrogens (tertiary/aromatic N) is 1. The van der Waals surface area contributed by atoms with Gasteiger partial charge in [0.05, 0.1) is 16.0 Å². The van der Waals surface area contributed by atoms with Gasteiger partial charge in [-0.2, -0.15) is 14.0 Å². The molecule has 0 heterocycles. The predicted molar refractivity (Wildman–Crippen MR) is 83.9 cm³/mol. The van der Waals surface area contributed by atoms with Gasteiger partial charge in [-0.1, -0.05) is 0 Å². The van der Waals surface area contributed by atoms with Crippen LogP contribution in [0.4, 0.5) is 17.6 Å². The molecule has 1 aliphatic carbocycles. The molecule has 0 radical (unpaired) electrons. The zero-order chi connectivity index (χ0) is 20.1. The molecule has 140 valence electrons. The molecule has 0 N–H and O–H groups in total. The molecule has 0 aliphatic heterocycles. The van der Waals surface area contributed by atoms with Crippen molar-refractivity contribution in [1.82, 2.24) is 0 Å². The molecule has 2 aromatic rings. The van der Waals surface area contributed by atoms with E-state index < -0.39 is 60.9 Å². The average molecular weight is 399 g/mol. The zero-order valence-electron chi connectivity index (χ0n) is 13.5. The van der Waals surface area contributed by atoms with Gasteiger partial charge in [0.2, 0.25) is 12.0 Å². The maximum atomic E-state index is 14.3. The molecule has 0 bridgehead atoms. The smallest absolute Gasteiger partial charge is 0.344 e. The van der Waals surface area contributed by atoms with Crippen LogP contribution in [0.15, 0.2) is 35.2 Å². The van der Waals surface area contributed by atoms with Crippen molar-refractivity contribution in [3.63, 3.8) is 0 Å². The van der Waals surface area contributed by atoms with Gasteiger partial charge in [0, 0.05) is 17.9 Å². The van der Waals surface area contributed by atoms with E-state index in [4.69, 9.17) is 10.00 Å². The topological polar surface area (TPSA) is 84.2 Å². The third-order valence-corrected chi connectivity index (χ3v) is 5.09.